The van der Waals surface area contributed by atoms with E-state index in [9.17, 15) is 14.7 Å². The Morgan fingerprint density at radius 1 is 1.21 bits per heavy atom. The number of carboxylic acid groups (broad SMARTS) is 1. The quantitative estimate of drug-likeness (QED) is 0.489. The molecule has 2 aromatic rings. The number of nitrogens with one attached hydrogen (secondary N) is 1. The summed E-state index contributed by atoms with van der Waals surface area (Å²) in [5.41, 5.74) is 0.640. The molecule has 1 saturated carbocycles. The van der Waals surface area contributed by atoms with E-state index in [1.807, 2.05) is 44.2 Å². The van der Waals surface area contributed by atoms with Crippen LogP contribution < -0.4 is 14.8 Å². The lowest BCUT2D eigenvalue weighted by Gasteiger charge is -2.20. The number of hydrogen-bond acceptors (Lipinski definition) is 6. The Bertz CT molecular complexity index is 1030. The van der Waals surface area contributed by atoms with Crippen LogP contribution in [-0.2, 0) is 14.9 Å². The van der Waals surface area contributed by atoms with Crippen LogP contribution in [0.25, 0.3) is 0 Å². The van der Waals surface area contributed by atoms with Gasteiger partial charge in [-0.2, -0.15) is 0 Å². The second-order valence-electron chi connectivity index (χ2n) is 9.50. The number of nitrogens with zero attached hydrogens (tertiary/aromatic N) is 1. The number of pyridine rings is 1. The Morgan fingerprint density at radius 2 is 1.97 bits per heavy atom. The van der Waals surface area contributed by atoms with Crippen LogP contribution in [0.4, 0.5) is 4.79 Å². The largest absolute Gasteiger partial charge is 0.493 e. The molecule has 34 heavy (non-hydrogen) atoms. The number of hydrogen-bond donors (Lipinski definition) is 2. The van der Waals surface area contributed by atoms with Gasteiger partial charge in [0.05, 0.1) is 13.2 Å². The smallest absolute Gasteiger partial charge is 0.407 e. The molecule has 0 radical (unpaired) electrons. The summed E-state index contributed by atoms with van der Waals surface area (Å²) < 4.78 is 16.7. The standard InChI is InChI=1S/C26H34N2O6/c1-6-32-22-10-7-9-20(28-22)19-16-26(19,23(29)30)18-15-17(2)11-12-21(18)33-14-8-13-27-24(31)34-25(3,4)5/h7,9-12,15,19H,6,8,13-14,16H2,1-5H3,(H,27,31)(H,29,30)/t19-,26-/m0/s1. The Hall–Kier alpha value is -3.29. The lowest BCUT2D eigenvalue weighted by molar-refractivity contribution is -0.140. The van der Waals surface area contributed by atoms with Gasteiger partial charge in [-0.05, 0) is 59.6 Å². The monoisotopic (exact) mass is 470 g/mol. The van der Waals surface area contributed by atoms with E-state index < -0.39 is 23.1 Å². The lowest BCUT2D eigenvalue weighted by atomic mass is 9.90. The molecular formula is C26H34N2O6. The summed E-state index contributed by atoms with van der Waals surface area (Å²) >= 11 is 0. The Kier molecular flexibility index (Phi) is 7.69. The highest BCUT2D eigenvalue weighted by molar-refractivity contribution is 5.88. The molecule has 1 fully saturated rings. The van der Waals surface area contributed by atoms with E-state index in [4.69, 9.17) is 14.2 Å². The number of ether oxygens (including phenoxy) is 3. The topological polar surface area (TPSA) is 107 Å². The molecule has 0 bridgehead atoms. The molecule has 8 nitrogen and oxygen atoms in total. The number of benzene rings is 1. The zero-order valence-corrected chi connectivity index (χ0v) is 20.5. The minimum atomic E-state index is -1.10. The normalized spacial score (nSPS) is 19.3. The van der Waals surface area contributed by atoms with E-state index in [1.165, 1.54) is 0 Å². The van der Waals surface area contributed by atoms with Gasteiger partial charge >= 0.3 is 12.1 Å². The molecule has 2 atom stereocenters. The van der Waals surface area contributed by atoms with Gasteiger partial charge in [-0.1, -0.05) is 23.8 Å². The highest BCUT2D eigenvalue weighted by Gasteiger charge is 2.64. The predicted molar refractivity (Wildman–Crippen MR) is 128 cm³/mol. The highest BCUT2D eigenvalue weighted by Crippen LogP contribution is 2.62. The third-order valence-electron chi connectivity index (χ3n) is 5.60. The molecule has 1 heterocycles. The molecule has 0 aliphatic heterocycles. The molecule has 1 aromatic carbocycles. The highest BCUT2D eigenvalue weighted by atomic mass is 16.6. The minimum absolute atomic E-state index is 0.275. The summed E-state index contributed by atoms with van der Waals surface area (Å²) in [4.78, 5) is 28.8. The molecule has 2 N–H and O–H groups in total. The average Bonchev–Trinajstić information content (AvgIpc) is 3.51. The Balaban J connectivity index is 1.71. The van der Waals surface area contributed by atoms with Crippen LogP contribution in [0.15, 0.2) is 36.4 Å². The maximum Gasteiger partial charge on any atom is 0.407 e. The summed E-state index contributed by atoms with van der Waals surface area (Å²) in [6, 6.07) is 11.0. The zero-order chi connectivity index (χ0) is 24.9. The van der Waals surface area contributed by atoms with Crippen LogP contribution in [-0.4, -0.2) is 47.5 Å². The second-order valence-corrected chi connectivity index (χ2v) is 9.50. The van der Waals surface area contributed by atoms with Crippen LogP contribution >= 0.6 is 0 Å². The summed E-state index contributed by atoms with van der Waals surface area (Å²) in [6.07, 6.45) is 0.509. The van der Waals surface area contributed by atoms with E-state index in [0.29, 0.717) is 55.5 Å². The van der Waals surface area contributed by atoms with Crippen LogP contribution in [0.1, 0.15) is 63.3 Å². The number of amides is 1. The van der Waals surface area contributed by atoms with Gasteiger partial charge in [0, 0.05) is 29.8 Å². The summed E-state index contributed by atoms with van der Waals surface area (Å²) in [6.45, 7) is 10.4. The van der Waals surface area contributed by atoms with Gasteiger partial charge in [0.15, 0.2) is 0 Å². The van der Waals surface area contributed by atoms with E-state index in [2.05, 4.69) is 10.3 Å². The first kappa shape index (κ1) is 25.3. The van der Waals surface area contributed by atoms with Crippen molar-refractivity contribution in [2.45, 2.75) is 64.4 Å². The fourth-order valence-corrected chi connectivity index (χ4v) is 4.00. The van der Waals surface area contributed by atoms with Crippen molar-refractivity contribution in [1.82, 2.24) is 10.3 Å². The summed E-state index contributed by atoms with van der Waals surface area (Å²) in [5, 5.41) is 13.0. The summed E-state index contributed by atoms with van der Waals surface area (Å²) in [5.74, 6) is -0.148. The van der Waals surface area contributed by atoms with Crippen molar-refractivity contribution in [2.75, 3.05) is 19.8 Å². The van der Waals surface area contributed by atoms with Gasteiger partial charge in [-0.15, -0.1) is 0 Å². The molecule has 1 aliphatic rings. The molecule has 184 valence electrons. The lowest BCUT2D eigenvalue weighted by Crippen LogP contribution is -2.33. The molecule has 0 saturated heterocycles. The maximum absolute atomic E-state index is 12.5. The molecule has 1 aliphatic carbocycles. The van der Waals surface area contributed by atoms with Crippen molar-refractivity contribution in [3.05, 3.63) is 53.2 Å². The van der Waals surface area contributed by atoms with Crippen LogP contribution in [0.3, 0.4) is 0 Å². The van der Waals surface area contributed by atoms with Crippen molar-refractivity contribution in [1.29, 1.82) is 0 Å². The van der Waals surface area contributed by atoms with Crippen molar-refractivity contribution in [2.24, 2.45) is 0 Å². The fourth-order valence-electron chi connectivity index (χ4n) is 4.00. The maximum atomic E-state index is 12.5. The number of alkyl carbamates (subject to hydrolysis) is 1. The number of aromatic nitrogens is 1. The van der Waals surface area contributed by atoms with Crippen molar-refractivity contribution in [3.8, 4) is 11.6 Å². The first-order chi connectivity index (χ1) is 16.1. The van der Waals surface area contributed by atoms with E-state index >= 15 is 0 Å². The third-order valence-corrected chi connectivity index (χ3v) is 5.60. The van der Waals surface area contributed by atoms with Gasteiger partial charge in [0.2, 0.25) is 5.88 Å². The molecule has 1 amide bonds. The van der Waals surface area contributed by atoms with Crippen molar-refractivity contribution < 1.29 is 28.9 Å². The van der Waals surface area contributed by atoms with Crippen LogP contribution in [0, 0.1) is 6.92 Å². The zero-order valence-electron chi connectivity index (χ0n) is 20.5. The van der Waals surface area contributed by atoms with Gasteiger partial charge in [0.1, 0.15) is 16.8 Å². The van der Waals surface area contributed by atoms with E-state index in [0.717, 1.165) is 5.56 Å². The number of aliphatic carboxylic acids is 1. The van der Waals surface area contributed by atoms with Crippen LogP contribution in [0.5, 0.6) is 11.6 Å². The Morgan fingerprint density at radius 3 is 2.65 bits per heavy atom. The van der Waals surface area contributed by atoms with Gasteiger partial charge in [0.25, 0.3) is 0 Å². The van der Waals surface area contributed by atoms with Crippen LogP contribution in [0.2, 0.25) is 0 Å². The molecule has 1 aromatic heterocycles. The molecular weight excluding hydrogens is 436 g/mol. The van der Waals surface area contributed by atoms with Gasteiger partial charge in [-0.25, -0.2) is 9.78 Å². The number of aryl methyl sites for hydroxylation is 1. The number of carboxylic acids is 1. The average molecular weight is 471 g/mol. The first-order valence-electron chi connectivity index (χ1n) is 11.6. The first-order valence-corrected chi connectivity index (χ1v) is 11.6. The minimum Gasteiger partial charge on any atom is -0.493 e. The molecule has 8 heteroatoms. The fraction of sp³-hybridized carbons (Fsp3) is 0.500. The second kappa shape index (κ2) is 10.3. The van der Waals surface area contributed by atoms with Gasteiger partial charge in [-0.3, -0.25) is 4.79 Å². The Labute approximate surface area is 200 Å². The molecule has 0 unspecified atom stereocenters. The van der Waals surface area contributed by atoms with E-state index in [-0.39, 0.29) is 5.92 Å². The van der Waals surface area contributed by atoms with Gasteiger partial charge < -0.3 is 24.6 Å². The number of rotatable bonds is 10. The number of carbonyl (C=O) groups excluding carboxylic acids is 1. The molecule has 0 spiro atoms. The van der Waals surface area contributed by atoms with E-state index in [1.54, 1.807) is 26.8 Å². The summed E-state index contributed by atoms with van der Waals surface area (Å²) in [7, 11) is 0. The van der Waals surface area contributed by atoms with Crippen molar-refractivity contribution >= 4 is 12.1 Å². The molecule has 3 rings (SSSR count). The number of carbonyl (C=O) groups is 2. The SMILES string of the molecule is CCOc1cccc([C@@H]2C[C@]2(C(=O)O)c2cc(C)ccc2OCCCNC(=O)OC(C)(C)C)n1. The predicted octanol–water partition coefficient (Wildman–Crippen LogP) is 4.59. The van der Waals surface area contributed by atoms with Crippen molar-refractivity contribution in [3.63, 3.8) is 0 Å². The third kappa shape index (κ3) is 5.98.